The molecule has 1 atom stereocenters. The smallest absolute Gasteiger partial charge is 0.243 e. The lowest BCUT2D eigenvalue weighted by Gasteiger charge is -2.26. The average molecular weight is 375 g/mol. The number of rotatable bonds is 4. The number of fused-ring (bicyclic) bond motifs is 1. The second kappa shape index (κ2) is 6.33. The van der Waals surface area contributed by atoms with Crippen molar-refractivity contribution in [3.05, 3.63) is 48.7 Å². The van der Waals surface area contributed by atoms with Crippen molar-refractivity contribution >= 4 is 26.9 Å². The van der Waals surface area contributed by atoms with Gasteiger partial charge in [0, 0.05) is 32.4 Å². The Labute approximate surface area is 150 Å². The molecular formula is C17H18FN5O2S. The van der Waals surface area contributed by atoms with Crippen molar-refractivity contribution in [3.63, 3.8) is 0 Å². The van der Waals surface area contributed by atoms with Gasteiger partial charge in [-0.3, -0.25) is 0 Å². The zero-order valence-electron chi connectivity index (χ0n) is 14.1. The minimum Gasteiger partial charge on any atom is -0.355 e. The molecule has 1 N–H and O–H groups in total. The van der Waals surface area contributed by atoms with Gasteiger partial charge in [0.05, 0.1) is 10.3 Å². The molecule has 3 heterocycles. The van der Waals surface area contributed by atoms with Gasteiger partial charge >= 0.3 is 0 Å². The third kappa shape index (κ3) is 2.82. The molecule has 1 aromatic carbocycles. The summed E-state index contributed by atoms with van der Waals surface area (Å²) in [6, 6.07) is 6.83. The predicted octanol–water partition coefficient (Wildman–Crippen LogP) is 2.00. The summed E-state index contributed by atoms with van der Waals surface area (Å²) in [7, 11) is -1.72. The third-order valence-corrected chi connectivity index (χ3v) is 6.67. The van der Waals surface area contributed by atoms with Crippen molar-refractivity contribution in [2.45, 2.75) is 17.4 Å². The van der Waals surface area contributed by atoms with Crippen LogP contribution in [0.15, 0.2) is 47.8 Å². The molecule has 0 aliphatic carbocycles. The second-order valence-electron chi connectivity index (χ2n) is 6.31. The first-order valence-corrected chi connectivity index (χ1v) is 9.67. The molecule has 0 saturated carbocycles. The lowest BCUT2D eigenvalue weighted by atomic mass is 10.2. The van der Waals surface area contributed by atoms with Gasteiger partial charge in [-0.1, -0.05) is 0 Å². The number of sulfonamides is 1. The predicted molar refractivity (Wildman–Crippen MR) is 95.9 cm³/mol. The summed E-state index contributed by atoms with van der Waals surface area (Å²) in [4.78, 5) is 13.7. The van der Waals surface area contributed by atoms with E-state index in [1.54, 1.807) is 6.20 Å². The van der Waals surface area contributed by atoms with E-state index in [9.17, 15) is 12.8 Å². The van der Waals surface area contributed by atoms with Crippen LogP contribution in [0.1, 0.15) is 6.42 Å². The quantitative estimate of drug-likeness (QED) is 0.754. The highest BCUT2D eigenvalue weighted by molar-refractivity contribution is 7.89. The fourth-order valence-electron chi connectivity index (χ4n) is 3.31. The van der Waals surface area contributed by atoms with Gasteiger partial charge < -0.3 is 9.88 Å². The fourth-order valence-corrected chi connectivity index (χ4v) is 4.81. The SMILES string of the molecule is CN(c1ncnc2[nH]ccc12)[C@@H]1CCN(S(=O)(=O)c2ccc(F)cc2)C1. The first-order valence-electron chi connectivity index (χ1n) is 8.23. The Bertz CT molecular complexity index is 1030. The highest BCUT2D eigenvalue weighted by atomic mass is 32.2. The summed E-state index contributed by atoms with van der Waals surface area (Å²) in [5.74, 6) is 0.310. The van der Waals surface area contributed by atoms with Crippen molar-refractivity contribution in [2.24, 2.45) is 0 Å². The van der Waals surface area contributed by atoms with Gasteiger partial charge in [-0.15, -0.1) is 0 Å². The standard InChI is InChI=1S/C17H18FN5O2S/c1-22(17-15-6-8-19-16(15)20-11-21-17)13-7-9-23(10-13)26(24,25)14-4-2-12(18)3-5-14/h2-6,8,11,13H,7,9-10H2,1H3,(H,19,20,21)/t13-/m1/s1. The van der Waals surface area contributed by atoms with Crippen LogP contribution in [0.3, 0.4) is 0 Å². The Hall–Kier alpha value is -2.52. The van der Waals surface area contributed by atoms with Crippen molar-refractivity contribution in [3.8, 4) is 0 Å². The van der Waals surface area contributed by atoms with E-state index >= 15 is 0 Å². The molecule has 1 saturated heterocycles. The van der Waals surface area contributed by atoms with Gasteiger partial charge in [0.2, 0.25) is 10.0 Å². The van der Waals surface area contributed by atoms with Crippen LogP contribution in [0, 0.1) is 5.82 Å². The molecule has 26 heavy (non-hydrogen) atoms. The Balaban J connectivity index is 1.56. The summed E-state index contributed by atoms with van der Waals surface area (Å²) in [5.41, 5.74) is 0.746. The number of benzene rings is 1. The molecule has 3 aromatic rings. The highest BCUT2D eigenvalue weighted by Gasteiger charge is 2.35. The minimum atomic E-state index is -3.63. The summed E-state index contributed by atoms with van der Waals surface area (Å²) < 4.78 is 40.1. The van der Waals surface area contributed by atoms with Crippen LogP contribution in [0.4, 0.5) is 10.2 Å². The van der Waals surface area contributed by atoms with Crippen LogP contribution in [-0.4, -0.2) is 53.9 Å². The van der Waals surface area contributed by atoms with Gasteiger partial charge in [0.25, 0.3) is 0 Å². The summed E-state index contributed by atoms with van der Waals surface area (Å²) in [6.45, 7) is 0.766. The summed E-state index contributed by atoms with van der Waals surface area (Å²) in [6.07, 6.45) is 3.98. The van der Waals surface area contributed by atoms with Crippen molar-refractivity contribution in [2.75, 3.05) is 25.0 Å². The normalized spacial score (nSPS) is 18.5. The number of nitrogens with one attached hydrogen (secondary N) is 1. The van der Waals surface area contributed by atoms with Crippen molar-refractivity contribution < 1.29 is 12.8 Å². The maximum absolute atomic E-state index is 13.1. The van der Waals surface area contributed by atoms with Gasteiger partial charge in [-0.05, 0) is 36.8 Å². The topological polar surface area (TPSA) is 82.2 Å². The number of aromatic nitrogens is 3. The van der Waals surface area contributed by atoms with E-state index in [1.807, 2.05) is 18.0 Å². The van der Waals surface area contributed by atoms with Gasteiger partial charge in [0.15, 0.2) is 0 Å². The molecule has 1 aliphatic rings. The lowest BCUT2D eigenvalue weighted by Crippen LogP contribution is -2.37. The zero-order chi connectivity index (χ0) is 18.3. The van der Waals surface area contributed by atoms with E-state index in [-0.39, 0.29) is 10.9 Å². The molecule has 0 amide bonds. The van der Waals surface area contributed by atoms with E-state index in [0.717, 1.165) is 29.0 Å². The van der Waals surface area contributed by atoms with Crippen LogP contribution < -0.4 is 4.90 Å². The zero-order valence-corrected chi connectivity index (χ0v) is 14.9. The monoisotopic (exact) mass is 375 g/mol. The summed E-state index contributed by atoms with van der Waals surface area (Å²) >= 11 is 0. The molecule has 4 rings (SSSR count). The maximum Gasteiger partial charge on any atom is 0.243 e. The van der Waals surface area contributed by atoms with Crippen LogP contribution >= 0.6 is 0 Å². The summed E-state index contributed by atoms with van der Waals surface area (Å²) in [5, 5.41) is 0.898. The van der Waals surface area contributed by atoms with Crippen LogP contribution in [0.25, 0.3) is 11.0 Å². The molecule has 0 unspecified atom stereocenters. The van der Waals surface area contributed by atoms with Gasteiger partial charge in [0.1, 0.15) is 23.6 Å². The van der Waals surface area contributed by atoms with Crippen LogP contribution in [0.5, 0.6) is 0 Å². The lowest BCUT2D eigenvalue weighted by molar-refractivity contribution is 0.470. The van der Waals surface area contributed by atoms with Crippen molar-refractivity contribution in [1.82, 2.24) is 19.3 Å². The van der Waals surface area contributed by atoms with E-state index in [1.165, 1.54) is 22.8 Å². The van der Waals surface area contributed by atoms with E-state index in [0.29, 0.717) is 19.5 Å². The number of halogens is 1. The number of hydrogen-bond donors (Lipinski definition) is 1. The maximum atomic E-state index is 13.1. The Morgan fingerprint density at radius 2 is 2.00 bits per heavy atom. The first-order chi connectivity index (χ1) is 12.5. The Morgan fingerprint density at radius 1 is 1.23 bits per heavy atom. The molecule has 1 aliphatic heterocycles. The minimum absolute atomic E-state index is 0.00165. The molecule has 0 radical (unpaired) electrons. The third-order valence-electron chi connectivity index (χ3n) is 4.79. The first kappa shape index (κ1) is 16.9. The van der Waals surface area contributed by atoms with Crippen LogP contribution in [-0.2, 0) is 10.0 Å². The molecule has 1 fully saturated rings. The number of anilines is 1. The molecule has 136 valence electrons. The Kier molecular flexibility index (Phi) is 4.12. The van der Waals surface area contributed by atoms with E-state index < -0.39 is 15.8 Å². The van der Waals surface area contributed by atoms with E-state index in [4.69, 9.17) is 0 Å². The number of aromatic amines is 1. The van der Waals surface area contributed by atoms with Gasteiger partial charge in [-0.25, -0.2) is 22.8 Å². The number of likely N-dealkylation sites (N-methyl/N-ethyl adjacent to an activating group) is 1. The Morgan fingerprint density at radius 3 is 2.77 bits per heavy atom. The largest absolute Gasteiger partial charge is 0.355 e. The second-order valence-corrected chi connectivity index (χ2v) is 8.25. The molecule has 0 bridgehead atoms. The number of H-pyrrole nitrogens is 1. The van der Waals surface area contributed by atoms with Crippen molar-refractivity contribution in [1.29, 1.82) is 0 Å². The highest BCUT2D eigenvalue weighted by Crippen LogP contribution is 2.28. The molecule has 2 aromatic heterocycles. The fraction of sp³-hybridized carbons (Fsp3) is 0.294. The number of nitrogens with zero attached hydrogens (tertiary/aromatic N) is 4. The van der Waals surface area contributed by atoms with Crippen LogP contribution in [0.2, 0.25) is 0 Å². The van der Waals surface area contributed by atoms with E-state index in [2.05, 4.69) is 15.0 Å². The number of hydrogen-bond acceptors (Lipinski definition) is 5. The molecular weight excluding hydrogens is 357 g/mol. The molecule has 7 nitrogen and oxygen atoms in total. The molecule has 9 heteroatoms. The van der Waals surface area contributed by atoms with Gasteiger partial charge in [-0.2, -0.15) is 4.31 Å². The average Bonchev–Trinajstić information content (AvgIpc) is 3.31. The molecule has 0 spiro atoms.